The van der Waals surface area contributed by atoms with Gasteiger partial charge in [0.15, 0.2) is 0 Å². The molecule has 0 aliphatic heterocycles. The van der Waals surface area contributed by atoms with Gasteiger partial charge in [0.1, 0.15) is 11.9 Å². The van der Waals surface area contributed by atoms with E-state index < -0.39 is 0 Å². The number of rotatable bonds is 1. The summed E-state index contributed by atoms with van der Waals surface area (Å²) in [6, 6.07) is 12.9. The maximum absolute atomic E-state index is 9.27. The Morgan fingerprint density at radius 2 is 2.05 bits per heavy atom. The smallest absolute Gasteiger partial charge is 0.111 e. The molecule has 0 unspecified atom stereocenters. The SMILES string of the molecule is Cc1nc2cc(N)ccc2n1-c1cc(Cl)ccc1C#N. The first-order valence-electron chi connectivity index (χ1n) is 6.05. The molecule has 0 spiro atoms. The number of fused-ring (bicyclic) bond motifs is 1. The van der Waals surface area contributed by atoms with Gasteiger partial charge in [-0.3, -0.25) is 4.57 Å². The van der Waals surface area contributed by atoms with Gasteiger partial charge in [0.2, 0.25) is 0 Å². The van der Waals surface area contributed by atoms with Gasteiger partial charge in [-0.25, -0.2) is 4.98 Å². The fourth-order valence-corrected chi connectivity index (χ4v) is 2.47. The van der Waals surface area contributed by atoms with Crippen LogP contribution in [-0.4, -0.2) is 9.55 Å². The number of aryl methyl sites for hydroxylation is 1. The number of nitrogens with zero attached hydrogens (tertiary/aromatic N) is 3. The molecule has 0 amide bonds. The van der Waals surface area contributed by atoms with Gasteiger partial charge in [-0.1, -0.05) is 11.6 Å². The molecule has 98 valence electrons. The van der Waals surface area contributed by atoms with Gasteiger partial charge in [-0.15, -0.1) is 0 Å². The third kappa shape index (κ3) is 1.89. The predicted molar refractivity (Wildman–Crippen MR) is 79.9 cm³/mol. The third-order valence-electron chi connectivity index (χ3n) is 3.17. The lowest BCUT2D eigenvalue weighted by Crippen LogP contribution is -2.00. The van der Waals surface area contributed by atoms with E-state index in [0.717, 1.165) is 22.5 Å². The van der Waals surface area contributed by atoms with Gasteiger partial charge >= 0.3 is 0 Å². The van der Waals surface area contributed by atoms with Crippen LogP contribution in [0.15, 0.2) is 36.4 Å². The number of benzene rings is 2. The Bertz CT molecular complexity index is 858. The molecule has 1 aromatic heterocycles. The van der Waals surface area contributed by atoms with Gasteiger partial charge in [0.25, 0.3) is 0 Å². The molecule has 0 fully saturated rings. The molecule has 0 bridgehead atoms. The largest absolute Gasteiger partial charge is 0.399 e. The number of nitrogen functional groups attached to an aromatic ring is 1. The Labute approximate surface area is 121 Å². The molecule has 3 aromatic rings. The molecule has 2 N–H and O–H groups in total. The summed E-state index contributed by atoms with van der Waals surface area (Å²) in [5.74, 6) is 0.782. The molecular formula is C15H11ClN4. The Hall–Kier alpha value is -2.51. The summed E-state index contributed by atoms with van der Waals surface area (Å²) in [6.07, 6.45) is 0. The Balaban J connectivity index is 2.38. The van der Waals surface area contributed by atoms with Crippen LogP contribution in [-0.2, 0) is 0 Å². The minimum atomic E-state index is 0.550. The molecule has 0 atom stereocenters. The van der Waals surface area contributed by atoms with Gasteiger partial charge in [-0.05, 0) is 43.3 Å². The molecule has 5 heteroatoms. The van der Waals surface area contributed by atoms with Crippen molar-refractivity contribution < 1.29 is 0 Å². The van der Waals surface area contributed by atoms with Crippen LogP contribution < -0.4 is 5.73 Å². The van der Waals surface area contributed by atoms with Crippen LogP contribution in [0.1, 0.15) is 11.4 Å². The maximum atomic E-state index is 9.27. The Kier molecular flexibility index (Phi) is 2.85. The molecule has 0 radical (unpaired) electrons. The molecule has 3 rings (SSSR count). The van der Waals surface area contributed by atoms with Crippen LogP contribution >= 0.6 is 11.6 Å². The molecule has 0 aliphatic carbocycles. The van der Waals surface area contributed by atoms with E-state index in [1.807, 2.05) is 29.7 Å². The van der Waals surface area contributed by atoms with Crippen molar-refractivity contribution in [2.75, 3.05) is 5.73 Å². The highest BCUT2D eigenvalue weighted by Crippen LogP contribution is 2.27. The number of nitrogens with two attached hydrogens (primary N) is 1. The lowest BCUT2D eigenvalue weighted by molar-refractivity contribution is 0.997. The van der Waals surface area contributed by atoms with Crippen molar-refractivity contribution in [1.82, 2.24) is 9.55 Å². The molecule has 1 heterocycles. The van der Waals surface area contributed by atoms with E-state index >= 15 is 0 Å². The highest BCUT2D eigenvalue weighted by Gasteiger charge is 2.13. The van der Waals surface area contributed by atoms with E-state index in [1.54, 1.807) is 18.2 Å². The summed E-state index contributed by atoms with van der Waals surface area (Å²) in [7, 11) is 0. The summed E-state index contributed by atoms with van der Waals surface area (Å²) >= 11 is 6.06. The van der Waals surface area contributed by atoms with Crippen molar-refractivity contribution in [1.29, 1.82) is 5.26 Å². The van der Waals surface area contributed by atoms with Crippen molar-refractivity contribution >= 4 is 28.3 Å². The number of hydrogen-bond acceptors (Lipinski definition) is 3. The molecular weight excluding hydrogens is 272 g/mol. The van der Waals surface area contributed by atoms with Gasteiger partial charge < -0.3 is 5.73 Å². The molecule has 4 nitrogen and oxygen atoms in total. The zero-order valence-electron chi connectivity index (χ0n) is 10.8. The van der Waals surface area contributed by atoms with Crippen molar-refractivity contribution in [3.63, 3.8) is 0 Å². The number of anilines is 1. The highest BCUT2D eigenvalue weighted by molar-refractivity contribution is 6.30. The van der Waals surface area contributed by atoms with E-state index in [-0.39, 0.29) is 0 Å². The van der Waals surface area contributed by atoms with E-state index in [1.165, 1.54) is 0 Å². The van der Waals surface area contributed by atoms with Crippen LogP contribution in [0.4, 0.5) is 5.69 Å². The highest BCUT2D eigenvalue weighted by atomic mass is 35.5. The zero-order valence-corrected chi connectivity index (χ0v) is 11.5. The number of aromatic nitrogens is 2. The van der Waals surface area contributed by atoms with E-state index in [0.29, 0.717) is 16.3 Å². The van der Waals surface area contributed by atoms with Crippen LogP contribution in [0.25, 0.3) is 16.7 Å². The van der Waals surface area contributed by atoms with Crippen molar-refractivity contribution in [2.24, 2.45) is 0 Å². The van der Waals surface area contributed by atoms with Crippen LogP contribution in [0.2, 0.25) is 5.02 Å². The normalized spacial score (nSPS) is 10.7. The lowest BCUT2D eigenvalue weighted by Gasteiger charge is -2.09. The zero-order chi connectivity index (χ0) is 14.3. The monoisotopic (exact) mass is 282 g/mol. The average molecular weight is 283 g/mol. The number of imidazole rings is 1. The first kappa shape index (κ1) is 12.5. The van der Waals surface area contributed by atoms with E-state index in [2.05, 4.69) is 11.1 Å². The second-order valence-electron chi connectivity index (χ2n) is 4.52. The minimum absolute atomic E-state index is 0.550. The Morgan fingerprint density at radius 3 is 2.80 bits per heavy atom. The Morgan fingerprint density at radius 1 is 1.25 bits per heavy atom. The van der Waals surface area contributed by atoms with E-state index in [4.69, 9.17) is 17.3 Å². The van der Waals surface area contributed by atoms with Gasteiger partial charge in [0.05, 0.1) is 22.3 Å². The molecule has 0 saturated carbocycles. The second kappa shape index (κ2) is 4.55. The number of hydrogen-bond donors (Lipinski definition) is 1. The van der Waals surface area contributed by atoms with E-state index in [9.17, 15) is 5.26 Å². The second-order valence-corrected chi connectivity index (χ2v) is 4.95. The summed E-state index contributed by atoms with van der Waals surface area (Å²) in [6.45, 7) is 1.89. The van der Waals surface area contributed by atoms with Crippen molar-refractivity contribution in [3.8, 4) is 11.8 Å². The van der Waals surface area contributed by atoms with Gasteiger partial charge in [-0.2, -0.15) is 5.26 Å². The fraction of sp³-hybridized carbons (Fsp3) is 0.0667. The molecule has 0 aliphatic rings. The van der Waals surface area contributed by atoms with Crippen LogP contribution in [0, 0.1) is 18.3 Å². The minimum Gasteiger partial charge on any atom is -0.399 e. The van der Waals surface area contributed by atoms with Crippen LogP contribution in [0.5, 0.6) is 0 Å². The summed E-state index contributed by atoms with van der Waals surface area (Å²) in [4.78, 5) is 4.49. The van der Waals surface area contributed by atoms with Gasteiger partial charge in [0, 0.05) is 10.7 Å². The maximum Gasteiger partial charge on any atom is 0.111 e. The number of nitriles is 1. The van der Waals surface area contributed by atoms with Crippen molar-refractivity contribution in [3.05, 3.63) is 52.8 Å². The van der Waals surface area contributed by atoms with Crippen molar-refractivity contribution in [2.45, 2.75) is 6.92 Å². The first-order valence-corrected chi connectivity index (χ1v) is 6.42. The first-order chi connectivity index (χ1) is 9.60. The predicted octanol–water partition coefficient (Wildman–Crippen LogP) is 3.44. The fourth-order valence-electron chi connectivity index (χ4n) is 2.31. The quantitative estimate of drug-likeness (QED) is 0.695. The summed E-state index contributed by atoms with van der Waals surface area (Å²) < 4.78 is 1.92. The lowest BCUT2D eigenvalue weighted by atomic mass is 10.2. The molecule has 2 aromatic carbocycles. The summed E-state index contributed by atoms with van der Waals surface area (Å²) in [5.41, 5.74) is 9.41. The average Bonchev–Trinajstić information content (AvgIpc) is 2.73. The molecule has 20 heavy (non-hydrogen) atoms. The molecule has 0 saturated heterocycles. The third-order valence-corrected chi connectivity index (χ3v) is 3.40. The summed E-state index contributed by atoms with van der Waals surface area (Å²) in [5, 5.41) is 9.85. The standard InChI is InChI=1S/C15H11ClN4/c1-9-19-13-7-12(18)4-5-14(13)20(9)15-6-11(16)3-2-10(15)8-17/h2-7H,18H2,1H3. The topological polar surface area (TPSA) is 67.6 Å². The number of halogens is 1. The van der Waals surface area contributed by atoms with Crippen LogP contribution in [0.3, 0.4) is 0 Å².